The van der Waals surface area contributed by atoms with E-state index in [4.69, 9.17) is 0 Å². The Morgan fingerprint density at radius 2 is 1.87 bits per heavy atom. The van der Waals surface area contributed by atoms with Crippen LogP contribution >= 0.6 is 0 Å². The number of aromatic nitrogens is 1. The highest BCUT2D eigenvalue weighted by Crippen LogP contribution is 2.30. The second kappa shape index (κ2) is 6.47. The van der Waals surface area contributed by atoms with Crippen molar-refractivity contribution >= 4 is 11.9 Å². The summed E-state index contributed by atoms with van der Waals surface area (Å²) >= 11 is 0. The SMILES string of the molecule is CC1(C)CN(Cc2ccccc2)C/C(=C/c2ccccn2)C1=O. The third-order valence-electron chi connectivity index (χ3n) is 4.18. The molecule has 1 saturated heterocycles. The largest absolute Gasteiger partial charge is 0.294 e. The van der Waals surface area contributed by atoms with Gasteiger partial charge in [-0.15, -0.1) is 0 Å². The molecule has 3 rings (SSSR count). The van der Waals surface area contributed by atoms with Crippen molar-refractivity contribution in [2.45, 2.75) is 20.4 Å². The third kappa shape index (κ3) is 3.74. The fourth-order valence-electron chi connectivity index (χ4n) is 3.14. The maximum Gasteiger partial charge on any atom is 0.167 e. The molecule has 0 radical (unpaired) electrons. The summed E-state index contributed by atoms with van der Waals surface area (Å²) in [5, 5.41) is 0. The molecule has 1 aromatic heterocycles. The molecule has 1 fully saturated rings. The van der Waals surface area contributed by atoms with Gasteiger partial charge in [0.25, 0.3) is 0 Å². The molecule has 0 saturated carbocycles. The van der Waals surface area contributed by atoms with Gasteiger partial charge in [-0.05, 0) is 23.8 Å². The zero-order chi connectivity index (χ0) is 16.3. The first kappa shape index (κ1) is 15.6. The van der Waals surface area contributed by atoms with Crippen molar-refractivity contribution in [3.05, 3.63) is 71.6 Å². The van der Waals surface area contributed by atoms with Gasteiger partial charge in [-0.1, -0.05) is 50.2 Å². The van der Waals surface area contributed by atoms with E-state index in [1.807, 2.05) is 44.2 Å². The average Bonchev–Trinajstić information content (AvgIpc) is 2.54. The van der Waals surface area contributed by atoms with Gasteiger partial charge in [0, 0.05) is 36.8 Å². The number of carbonyl (C=O) groups is 1. The number of Topliss-reactive ketones (excluding diaryl/α,β-unsaturated/α-hetero) is 1. The summed E-state index contributed by atoms with van der Waals surface area (Å²) in [4.78, 5) is 19.4. The molecule has 0 atom stereocenters. The minimum absolute atomic E-state index is 0.229. The number of piperidine rings is 1. The van der Waals surface area contributed by atoms with E-state index in [0.29, 0.717) is 6.54 Å². The summed E-state index contributed by atoms with van der Waals surface area (Å²) in [7, 11) is 0. The number of ketones is 1. The third-order valence-corrected chi connectivity index (χ3v) is 4.18. The van der Waals surface area contributed by atoms with Gasteiger partial charge >= 0.3 is 0 Å². The number of benzene rings is 1. The monoisotopic (exact) mass is 306 g/mol. The summed E-state index contributed by atoms with van der Waals surface area (Å²) in [6.07, 6.45) is 3.69. The first-order valence-electron chi connectivity index (χ1n) is 7.97. The molecule has 2 heterocycles. The summed E-state index contributed by atoms with van der Waals surface area (Å²) in [5.41, 5.74) is 2.59. The number of nitrogens with zero attached hydrogens (tertiary/aromatic N) is 2. The summed E-state index contributed by atoms with van der Waals surface area (Å²) in [6, 6.07) is 16.2. The highest BCUT2D eigenvalue weighted by Gasteiger charge is 2.37. The Morgan fingerprint density at radius 3 is 2.57 bits per heavy atom. The number of rotatable bonds is 3. The van der Waals surface area contributed by atoms with Gasteiger partial charge in [0.1, 0.15) is 0 Å². The van der Waals surface area contributed by atoms with E-state index in [-0.39, 0.29) is 11.2 Å². The zero-order valence-electron chi connectivity index (χ0n) is 13.7. The van der Waals surface area contributed by atoms with E-state index in [1.54, 1.807) is 6.20 Å². The lowest BCUT2D eigenvalue weighted by atomic mass is 9.79. The minimum Gasteiger partial charge on any atom is -0.294 e. The van der Waals surface area contributed by atoms with E-state index < -0.39 is 0 Å². The molecular formula is C20H22N2O. The highest BCUT2D eigenvalue weighted by molar-refractivity contribution is 6.04. The second-order valence-corrected chi connectivity index (χ2v) is 6.77. The van der Waals surface area contributed by atoms with Crippen LogP contribution in [0.1, 0.15) is 25.1 Å². The van der Waals surface area contributed by atoms with Crippen molar-refractivity contribution in [1.29, 1.82) is 0 Å². The fourth-order valence-corrected chi connectivity index (χ4v) is 3.14. The molecule has 0 amide bonds. The van der Waals surface area contributed by atoms with Crippen LogP contribution in [-0.4, -0.2) is 28.8 Å². The number of hydrogen-bond acceptors (Lipinski definition) is 3. The maximum atomic E-state index is 12.7. The van der Waals surface area contributed by atoms with Gasteiger partial charge in [-0.25, -0.2) is 0 Å². The normalized spacial score (nSPS) is 19.9. The molecule has 2 aromatic rings. The van der Waals surface area contributed by atoms with Crippen LogP contribution in [0.2, 0.25) is 0 Å². The van der Waals surface area contributed by atoms with E-state index >= 15 is 0 Å². The number of likely N-dealkylation sites (tertiary alicyclic amines) is 1. The Labute approximate surface area is 137 Å². The molecular weight excluding hydrogens is 284 g/mol. The van der Waals surface area contributed by atoms with Crippen LogP contribution < -0.4 is 0 Å². The smallest absolute Gasteiger partial charge is 0.167 e. The number of hydrogen-bond donors (Lipinski definition) is 0. The molecule has 1 aliphatic heterocycles. The molecule has 1 aromatic carbocycles. The molecule has 118 valence electrons. The van der Waals surface area contributed by atoms with Crippen molar-refractivity contribution in [3.63, 3.8) is 0 Å². The van der Waals surface area contributed by atoms with Gasteiger partial charge < -0.3 is 0 Å². The van der Waals surface area contributed by atoms with E-state index in [0.717, 1.165) is 24.4 Å². The Bertz CT molecular complexity index is 705. The fraction of sp³-hybridized carbons (Fsp3) is 0.300. The number of pyridine rings is 1. The van der Waals surface area contributed by atoms with Crippen molar-refractivity contribution < 1.29 is 4.79 Å². The van der Waals surface area contributed by atoms with Crippen LogP contribution in [0.4, 0.5) is 0 Å². The first-order valence-corrected chi connectivity index (χ1v) is 7.97. The van der Waals surface area contributed by atoms with Gasteiger partial charge in [0.2, 0.25) is 0 Å². The molecule has 0 N–H and O–H groups in total. The Balaban J connectivity index is 1.84. The van der Waals surface area contributed by atoms with Gasteiger partial charge in [-0.2, -0.15) is 0 Å². The Hall–Kier alpha value is -2.26. The van der Waals surface area contributed by atoms with Crippen molar-refractivity contribution in [3.8, 4) is 0 Å². The average molecular weight is 306 g/mol. The molecule has 3 nitrogen and oxygen atoms in total. The Kier molecular flexibility index (Phi) is 4.39. The van der Waals surface area contributed by atoms with E-state index in [9.17, 15) is 4.79 Å². The lowest BCUT2D eigenvalue weighted by molar-refractivity contribution is -0.126. The second-order valence-electron chi connectivity index (χ2n) is 6.77. The number of carbonyl (C=O) groups excluding carboxylic acids is 1. The lowest BCUT2D eigenvalue weighted by Gasteiger charge is -2.38. The van der Waals surface area contributed by atoms with Crippen molar-refractivity contribution in [2.24, 2.45) is 5.41 Å². The van der Waals surface area contributed by atoms with Crippen LogP contribution in [0.15, 0.2) is 60.3 Å². The van der Waals surface area contributed by atoms with Crippen LogP contribution in [0.5, 0.6) is 0 Å². The van der Waals surface area contributed by atoms with Crippen LogP contribution in [0, 0.1) is 5.41 Å². The zero-order valence-corrected chi connectivity index (χ0v) is 13.7. The van der Waals surface area contributed by atoms with E-state index in [2.05, 4.69) is 34.1 Å². The molecule has 0 spiro atoms. The first-order chi connectivity index (χ1) is 11.0. The van der Waals surface area contributed by atoms with E-state index in [1.165, 1.54) is 5.56 Å². The minimum atomic E-state index is -0.367. The molecule has 0 bridgehead atoms. The Morgan fingerprint density at radius 1 is 1.13 bits per heavy atom. The quantitative estimate of drug-likeness (QED) is 0.813. The molecule has 1 aliphatic rings. The molecule has 0 aliphatic carbocycles. The van der Waals surface area contributed by atoms with Crippen LogP contribution in [-0.2, 0) is 11.3 Å². The molecule has 0 unspecified atom stereocenters. The van der Waals surface area contributed by atoms with Crippen molar-refractivity contribution in [2.75, 3.05) is 13.1 Å². The van der Waals surface area contributed by atoms with Crippen LogP contribution in [0.3, 0.4) is 0 Å². The predicted molar refractivity (Wildman–Crippen MR) is 92.7 cm³/mol. The maximum absolute atomic E-state index is 12.7. The van der Waals surface area contributed by atoms with Gasteiger partial charge in [0.15, 0.2) is 5.78 Å². The van der Waals surface area contributed by atoms with Gasteiger partial charge in [0.05, 0.1) is 5.69 Å². The predicted octanol–water partition coefficient (Wildman–Crippen LogP) is 3.58. The summed E-state index contributed by atoms with van der Waals surface area (Å²) in [6.45, 7) is 6.36. The van der Waals surface area contributed by atoms with Crippen molar-refractivity contribution in [1.82, 2.24) is 9.88 Å². The lowest BCUT2D eigenvalue weighted by Crippen LogP contribution is -2.47. The molecule has 3 heteroatoms. The topological polar surface area (TPSA) is 33.2 Å². The van der Waals surface area contributed by atoms with Crippen LogP contribution in [0.25, 0.3) is 6.08 Å². The highest BCUT2D eigenvalue weighted by atomic mass is 16.1. The standard InChI is InChI=1S/C20H22N2O/c1-20(2)15-22(13-16-8-4-3-5-9-16)14-17(19(20)23)12-18-10-6-7-11-21-18/h3-12H,13-15H2,1-2H3/b17-12-. The summed E-state index contributed by atoms with van der Waals surface area (Å²) in [5.74, 6) is 0.229. The summed E-state index contributed by atoms with van der Waals surface area (Å²) < 4.78 is 0. The molecule has 23 heavy (non-hydrogen) atoms. The van der Waals surface area contributed by atoms with Gasteiger partial charge in [-0.3, -0.25) is 14.7 Å².